The summed E-state index contributed by atoms with van der Waals surface area (Å²) in [6, 6.07) is 10.2. The summed E-state index contributed by atoms with van der Waals surface area (Å²) in [5, 5.41) is 7.02. The van der Waals surface area contributed by atoms with Crippen LogP contribution in [0.1, 0.15) is 40.2 Å². The van der Waals surface area contributed by atoms with Gasteiger partial charge in [-0.15, -0.1) is 0 Å². The molecule has 2 aromatic rings. The summed E-state index contributed by atoms with van der Waals surface area (Å²) >= 11 is 0. The Morgan fingerprint density at radius 2 is 1.87 bits per heavy atom. The zero-order chi connectivity index (χ0) is 16.6. The zero-order valence-electron chi connectivity index (χ0n) is 13.7. The van der Waals surface area contributed by atoms with Gasteiger partial charge in [0.1, 0.15) is 0 Å². The molecule has 1 aliphatic carbocycles. The highest BCUT2D eigenvalue weighted by molar-refractivity contribution is 6.43. The average Bonchev–Trinajstić information content (AvgIpc) is 3.29. The van der Waals surface area contributed by atoms with Crippen LogP contribution in [0.2, 0.25) is 0 Å². The van der Waals surface area contributed by atoms with Crippen molar-refractivity contribution < 1.29 is 9.59 Å². The Labute approximate surface area is 135 Å². The number of carbonyl (C=O) groups excluding carboxylic acids is 2. The van der Waals surface area contributed by atoms with Crippen LogP contribution in [0.3, 0.4) is 0 Å². The summed E-state index contributed by atoms with van der Waals surface area (Å²) in [7, 11) is 1.77. The van der Waals surface area contributed by atoms with E-state index in [2.05, 4.69) is 22.5 Å². The Kier molecular flexibility index (Phi) is 3.80. The molecule has 0 bridgehead atoms. The van der Waals surface area contributed by atoms with Crippen molar-refractivity contribution in [2.24, 2.45) is 7.05 Å². The van der Waals surface area contributed by atoms with Gasteiger partial charge in [-0.1, -0.05) is 30.3 Å². The third-order valence-electron chi connectivity index (χ3n) is 4.77. The monoisotopic (exact) mass is 311 g/mol. The molecule has 1 heterocycles. The van der Waals surface area contributed by atoms with Crippen molar-refractivity contribution in [1.29, 1.82) is 0 Å². The van der Waals surface area contributed by atoms with Crippen molar-refractivity contribution in [3.05, 3.63) is 52.8 Å². The molecule has 1 fully saturated rings. The number of Topliss-reactive ketones (excluding diaryl/α,β-unsaturated/α-hetero) is 1. The van der Waals surface area contributed by atoms with Gasteiger partial charge in [-0.2, -0.15) is 5.10 Å². The first-order valence-electron chi connectivity index (χ1n) is 7.83. The van der Waals surface area contributed by atoms with Gasteiger partial charge < -0.3 is 5.32 Å². The van der Waals surface area contributed by atoms with E-state index in [1.165, 1.54) is 5.56 Å². The summed E-state index contributed by atoms with van der Waals surface area (Å²) in [6.07, 6.45) is 2.08. The van der Waals surface area contributed by atoms with Crippen molar-refractivity contribution in [2.45, 2.75) is 32.1 Å². The molecule has 3 rings (SSSR count). The second-order valence-electron chi connectivity index (χ2n) is 6.33. The molecule has 0 unspecified atom stereocenters. The lowest BCUT2D eigenvalue weighted by Gasteiger charge is -2.16. The van der Waals surface area contributed by atoms with Crippen LogP contribution in [0.4, 0.5) is 0 Å². The van der Waals surface area contributed by atoms with E-state index in [0.717, 1.165) is 12.8 Å². The van der Waals surface area contributed by atoms with Gasteiger partial charge in [-0.25, -0.2) is 0 Å². The third kappa shape index (κ3) is 2.79. The van der Waals surface area contributed by atoms with Crippen molar-refractivity contribution in [3.8, 4) is 0 Å². The molecule has 0 aliphatic heterocycles. The first-order chi connectivity index (χ1) is 10.9. The summed E-state index contributed by atoms with van der Waals surface area (Å²) in [6.45, 7) is 4.05. The first-order valence-corrected chi connectivity index (χ1v) is 7.83. The number of ketones is 1. The maximum atomic E-state index is 12.4. The number of hydrogen-bond acceptors (Lipinski definition) is 3. The van der Waals surface area contributed by atoms with Crippen molar-refractivity contribution >= 4 is 11.7 Å². The molecule has 5 heteroatoms. The minimum Gasteiger partial charge on any atom is -0.348 e. The number of amides is 1. The molecule has 1 N–H and O–H groups in total. The Balaban J connectivity index is 1.69. The topological polar surface area (TPSA) is 64.0 Å². The Bertz CT molecular complexity index is 758. The maximum Gasteiger partial charge on any atom is 0.292 e. The van der Waals surface area contributed by atoms with Gasteiger partial charge in [0.15, 0.2) is 0 Å². The van der Waals surface area contributed by atoms with Crippen LogP contribution in [0.5, 0.6) is 0 Å². The van der Waals surface area contributed by atoms with E-state index < -0.39 is 11.7 Å². The summed E-state index contributed by atoms with van der Waals surface area (Å²) in [5.74, 6) is -1.05. The highest BCUT2D eigenvalue weighted by atomic mass is 16.2. The molecule has 1 aliphatic rings. The molecular weight excluding hydrogens is 290 g/mol. The van der Waals surface area contributed by atoms with E-state index in [-0.39, 0.29) is 5.41 Å². The quantitative estimate of drug-likeness (QED) is 0.679. The number of aromatic nitrogens is 2. The fraction of sp³-hybridized carbons (Fsp3) is 0.389. The largest absolute Gasteiger partial charge is 0.348 e. The zero-order valence-corrected chi connectivity index (χ0v) is 13.7. The molecule has 0 atom stereocenters. The molecule has 1 saturated carbocycles. The predicted octanol–water partition coefficient (Wildman–Crippen LogP) is 2.07. The van der Waals surface area contributed by atoms with Crippen molar-refractivity contribution in [2.75, 3.05) is 6.54 Å². The normalized spacial score (nSPS) is 15.3. The van der Waals surface area contributed by atoms with Crippen LogP contribution in [-0.4, -0.2) is 28.0 Å². The number of hydrogen-bond donors (Lipinski definition) is 1. The van der Waals surface area contributed by atoms with E-state index in [0.29, 0.717) is 23.5 Å². The molecule has 1 aromatic carbocycles. The van der Waals surface area contributed by atoms with Crippen LogP contribution in [0, 0.1) is 13.8 Å². The Morgan fingerprint density at radius 3 is 2.39 bits per heavy atom. The Hall–Kier alpha value is -2.43. The van der Waals surface area contributed by atoms with Gasteiger partial charge in [0, 0.05) is 24.7 Å². The lowest BCUT2D eigenvalue weighted by atomic mass is 9.96. The minimum absolute atomic E-state index is 0.00374. The SMILES string of the molecule is Cc1nn(C)c(C)c1C(=O)C(=O)NCC1(c2ccccc2)CC1. The van der Waals surface area contributed by atoms with Gasteiger partial charge >= 0.3 is 0 Å². The second kappa shape index (κ2) is 5.65. The van der Waals surface area contributed by atoms with Crippen molar-refractivity contribution in [1.82, 2.24) is 15.1 Å². The third-order valence-corrected chi connectivity index (χ3v) is 4.77. The number of carbonyl (C=O) groups is 2. The molecule has 1 amide bonds. The highest BCUT2D eigenvalue weighted by Gasteiger charge is 2.44. The molecule has 120 valence electrons. The maximum absolute atomic E-state index is 12.4. The number of aryl methyl sites for hydroxylation is 2. The summed E-state index contributed by atoms with van der Waals surface area (Å²) in [4.78, 5) is 24.7. The molecule has 1 aromatic heterocycles. The smallest absolute Gasteiger partial charge is 0.292 e. The summed E-state index contributed by atoms with van der Waals surface area (Å²) < 4.78 is 1.63. The predicted molar refractivity (Wildman–Crippen MR) is 87.4 cm³/mol. The van der Waals surface area contributed by atoms with Gasteiger partial charge in [0.05, 0.1) is 11.3 Å². The van der Waals surface area contributed by atoms with Crippen LogP contribution in [-0.2, 0) is 17.3 Å². The fourth-order valence-electron chi connectivity index (χ4n) is 3.06. The average molecular weight is 311 g/mol. The van der Waals surface area contributed by atoms with Crippen LogP contribution < -0.4 is 5.32 Å². The van der Waals surface area contributed by atoms with E-state index in [1.54, 1.807) is 25.6 Å². The van der Waals surface area contributed by atoms with E-state index in [9.17, 15) is 9.59 Å². The van der Waals surface area contributed by atoms with Crippen LogP contribution in [0.25, 0.3) is 0 Å². The molecule has 0 saturated heterocycles. The van der Waals surface area contributed by atoms with Crippen molar-refractivity contribution in [3.63, 3.8) is 0 Å². The van der Waals surface area contributed by atoms with Gasteiger partial charge in [0.2, 0.25) is 0 Å². The van der Waals surface area contributed by atoms with E-state index in [4.69, 9.17) is 0 Å². The molecule has 23 heavy (non-hydrogen) atoms. The fourth-order valence-corrected chi connectivity index (χ4v) is 3.06. The molecule has 5 nitrogen and oxygen atoms in total. The van der Waals surface area contributed by atoms with Crippen LogP contribution >= 0.6 is 0 Å². The molecule has 0 radical (unpaired) electrons. The molecule has 0 spiro atoms. The van der Waals surface area contributed by atoms with Gasteiger partial charge in [-0.3, -0.25) is 14.3 Å². The van der Waals surface area contributed by atoms with Crippen LogP contribution in [0.15, 0.2) is 30.3 Å². The number of nitrogens with one attached hydrogen (secondary N) is 1. The highest BCUT2D eigenvalue weighted by Crippen LogP contribution is 2.47. The second-order valence-corrected chi connectivity index (χ2v) is 6.33. The lowest BCUT2D eigenvalue weighted by molar-refractivity contribution is -0.117. The summed E-state index contributed by atoms with van der Waals surface area (Å²) in [5.41, 5.74) is 2.94. The number of rotatable bonds is 5. The standard InChI is InChI=1S/C18H21N3O2/c1-12-15(13(2)21(3)20-12)16(22)17(23)19-11-18(9-10-18)14-7-5-4-6-8-14/h4-8H,9-11H2,1-3H3,(H,19,23). The number of benzene rings is 1. The number of nitrogens with zero attached hydrogens (tertiary/aromatic N) is 2. The van der Waals surface area contributed by atoms with E-state index in [1.807, 2.05) is 18.2 Å². The lowest BCUT2D eigenvalue weighted by Crippen LogP contribution is -2.37. The first kappa shape index (κ1) is 15.5. The molecular formula is C18H21N3O2. The minimum atomic E-state index is -0.550. The van der Waals surface area contributed by atoms with Gasteiger partial charge in [-0.05, 0) is 32.3 Å². The van der Waals surface area contributed by atoms with E-state index >= 15 is 0 Å². The Morgan fingerprint density at radius 1 is 1.22 bits per heavy atom. The van der Waals surface area contributed by atoms with Gasteiger partial charge in [0.25, 0.3) is 11.7 Å².